The number of aromatic hydroxyl groups is 1. The summed E-state index contributed by atoms with van der Waals surface area (Å²) in [5, 5.41) is 9.73. The van der Waals surface area contributed by atoms with E-state index in [2.05, 4.69) is 13.8 Å². The van der Waals surface area contributed by atoms with Gasteiger partial charge in [-0.15, -0.1) is 0 Å². The highest BCUT2D eigenvalue weighted by Gasteiger charge is 2.33. The first-order valence-electron chi connectivity index (χ1n) is 7.10. The molecule has 1 N–H and O–H groups in total. The molecule has 3 nitrogen and oxygen atoms in total. The predicted molar refractivity (Wildman–Crippen MR) is 76.4 cm³/mol. The molecule has 1 aromatic rings. The highest BCUT2D eigenvalue weighted by molar-refractivity contribution is 5.96. The molecule has 0 atom stereocenters. The summed E-state index contributed by atoms with van der Waals surface area (Å²) in [6.45, 7) is 6.97. The number of hydrogen-bond acceptors (Lipinski definition) is 2. The minimum absolute atomic E-state index is 0.0663. The van der Waals surface area contributed by atoms with Gasteiger partial charge in [0.05, 0.1) is 0 Å². The van der Waals surface area contributed by atoms with Crippen molar-refractivity contribution >= 4 is 5.91 Å². The van der Waals surface area contributed by atoms with Gasteiger partial charge in [-0.3, -0.25) is 4.79 Å². The molecule has 0 heterocycles. The van der Waals surface area contributed by atoms with E-state index >= 15 is 0 Å². The van der Waals surface area contributed by atoms with Crippen molar-refractivity contribution in [3.8, 4) is 5.75 Å². The second kappa shape index (κ2) is 5.64. The fourth-order valence-corrected chi connectivity index (χ4v) is 2.24. The van der Waals surface area contributed by atoms with Crippen LogP contribution in [0.25, 0.3) is 0 Å². The Morgan fingerprint density at radius 2 is 2.11 bits per heavy atom. The van der Waals surface area contributed by atoms with Crippen LogP contribution < -0.4 is 0 Å². The van der Waals surface area contributed by atoms with Gasteiger partial charge in [0.25, 0.3) is 5.91 Å². The summed E-state index contributed by atoms with van der Waals surface area (Å²) in [5.41, 5.74) is 1.32. The monoisotopic (exact) mass is 261 g/mol. The molecule has 0 bridgehead atoms. The number of phenols is 1. The number of nitrogens with zero attached hydrogens (tertiary/aromatic N) is 1. The molecule has 1 amide bonds. The van der Waals surface area contributed by atoms with Gasteiger partial charge in [-0.25, -0.2) is 0 Å². The standard InChI is InChI=1S/C16H23NO2/c1-11(2)9-10-17(13-7-8-13)16(19)14-5-4-6-15(18)12(14)3/h4-6,11,13,18H,7-10H2,1-3H3. The molecule has 0 aromatic heterocycles. The minimum Gasteiger partial charge on any atom is -0.508 e. The molecule has 1 aliphatic carbocycles. The zero-order valence-corrected chi connectivity index (χ0v) is 12.0. The van der Waals surface area contributed by atoms with E-state index in [4.69, 9.17) is 0 Å². The number of amides is 1. The Bertz CT molecular complexity index is 464. The zero-order valence-electron chi connectivity index (χ0n) is 12.0. The van der Waals surface area contributed by atoms with Gasteiger partial charge in [-0.1, -0.05) is 19.9 Å². The SMILES string of the molecule is Cc1c(O)cccc1C(=O)N(CCC(C)C)C1CC1. The Labute approximate surface area is 115 Å². The second-order valence-electron chi connectivity index (χ2n) is 5.86. The third kappa shape index (κ3) is 3.28. The predicted octanol–water partition coefficient (Wildman–Crippen LogP) is 3.35. The highest BCUT2D eigenvalue weighted by atomic mass is 16.3. The molecule has 0 unspecified atom stereocenters. The number of phenolic OH excluding ortho intramolecular Hbond substituents is 1. The number of benzene rings is 1. The topological polar surface area (TPSA) is 40.5 Å². The van der Waals surface area contributed by atoms with Crippen LogP contribution in [-0.4, -0.2) is 28.5 Å². The summed E-state index contributed by atoms with van der Waals surface area (Å²) in [7, 11) is 0. The Balaban J connectivity index is 2.17. The van der Waals surface area contributed by atoms with E-state index in [-0.39, 0.29) is 11.7 Å². The zero-order chi connectivity index (χ0) is 14.0. The Kier molecular flexibility index (Phi) is 4.13. The van der Waals surface area contributed by atoms with E-state index in [1.807, 2.05) is 11.0 Å². The van der Waals surface area contributed by atoms with Crippen molar-refractivity contribution in [1.82, 2.24) is 4.90 Å². The van der Waals surface area contributed by atoms with Crippen molar-refractivity contribution < 1.29 is 9.90 Å². The first kappa shape index (κ1) is 13.9. The fourth-order valence-electron chi connectivity index (χ4n) is 2.24. The average molecular weight is 261 g/mol. The molecule has 1 aliphatic rings. The van der Waals surface area contributed by atoms with E-state index in [1.54, 1.807) is 19.1 Å². The summed E-state index contributed by atoms with van der Waals surface area (Å²) >= 11 is 0. The number of carbonyl (C=O) groups excluding carboxylic acids is 1. The summed E-state index contributed by atoms with van der Waals surface area (Å²) < 4.78 is 0. The largest absolute Gasteiger partial charge is 0.508 e. The van der Waals surface area contributed by atoms with Gasteiger partial charge >= 0.3 is 0 Å². The maximum atomic E-state index is 12.6. The van der Waals surface area contributed by atoms with Gasteiger partial charge in [-0.05, 0) is 44.2 Å². The van der Waals surface area contributed by atoms with Gasteiger partial charge in [-0.2, -0.15) is 0 Å². The first-order chi connectivity index (χ1) is 9.00. The lowest BCUT2D eigenvalue weighted by Gasteiger charge is -2.24. The van der Waals surface area contributed by atoms with Crippen molar-refractivity contribution in [2.24, 2.45) is 5.92 Å². The lowest BCUT2D eigenvalue weighted by Crippen LogP contribution is -2.35. The van der Waals surface area contributed by atoms with Crippen LogP contribution in [0, 0.1) is 12.8 Å². The molecule has 0 spiro atoms. The summed E-state index contributed by atoms with van der Waals surface area (Å²) in [5.74, 6) is 0.862. The molecular formula is C16H23NO2. The highest BCUT2D eigenvalue weighted by Crippen LogP contribution is 2.30. The molecule has 3 heteroatoms. The van der Waals surface area contributed by atoms with Gasteiger partial charge < -0.3 is 10.0 Å². The molecule has 0 saturated heterocycles. The number of hydrogen-bond donors (Lipinski definition) is 1. The van der Waals surface area contributed by atoms with Crippen molar-refractivity contribution in [2.45, 2.75) is 46.1 Å². The van der Waals surface area contributed by atoms with Crippen LogP contribution in [0.2, 0.25) is 0 Å². The van der Waals surface area contributed by atoms with Crippen molar-refractivity contribution in [3.63, 3.8) is 0 Å². The Morgan fingerprint density at radius 1 is 1.42 bits per heavy atom. The fraction of sp³-hybridized carbons (Fsp3) is 0.562. The van der Waals surface area contributed by atoms with E-state index in [1.165, 1.54) is 0 Å². The molecular weight excluding hydrogens is 238 g/mol. The third-order valence-corrected chi connectivity index (χ3v) is 3.73. The normalized spacial score (nSPS) is 14.7. The summed E-state index contributed by atoms with van der Waals surface area (Å²) in [4.78, 5) is 14.6. The molecule has 0 radical (unpaired) electrons. The third-order valence-electron chi connectivity index (χ3n) is 3.73. The minimum atomic E-state index is 0.0663. The van der Waals surface area contributed by atoms with Crippen LogP contribution in [0.5, 0.6) is 5.75 Å². The molecule has 2 rings (SSSR count). The van der Waals surface area contributed by atoms with Gasteiger partial charge in [0.15, 0.2) is 0 Å². The molecule has 104 valence electrons. The van der Waals surface area contributed by atoms with Gasteiger partial charge in [0.1, 0.15) is 5.75 Å². The van der Waals surface area contributed by atoms with Crippen LogP contribution in [-0.2, 0) is 0 Å². The summed E-state index contributed by atoms with van der Waals surface area (Å²) in [6, 6.07) is 5.58. The quantitative estimate of drug-likeness (QED) is 0.883. The molecule has 1 aromatic carbocycles. The molecule has 19 heavy (non-hydrogen) atoms. The molecule has 0 aliphatic heterocycles. The first-order valence-corrected chi connectivity index (χ1v) is 7.10. The van der Waals surface area contributed by atoms with Crippen LogP contribution in [0.15, 0.2) is 18.2 Å². The lowest BCUT2D eigenvalue weighted by molar-refractivity contribution is 0.0734. The van der Waals surface area contributed by atoms with E-state index < -0.39 is 0 Å². The number of rotatable bonds is 5. The van der Waals surface area contributed by atoms with E-state index in [0.29, 0.717) is 23.1 Å². The van der Waals surface area contributed by atoms with Crippen molar-refractivity contribution in [2.75, 3.05) is 6.54 Å². The summed E-state index contributed by atoms with van der Waals surface area (Å²) in [6.07, 6.45) is 3.25. The maximum absolute atomic E-state index is 12.6. The molecule has 1 saturated carbocycles. The van der Waals surface area contributed by atoms with Gasteiger partial charge in [0.2, 0.25) is 0 Å². The maximum Gasteiger partial charge on any atom is 0.254 e. The van der Waals surface area contributed by atoms with Gasteiger partial charge in [0, 0.05) is 23.7 Å². The number of carbonyl (C=O) groups is 1. The van der Waals surface area contributed by atoms with Crippen molar-refractivity contribution in [1.29, 1.82) is 0 Å². The second-order valence-corrected chi connectivity index (χ2v) is 5.86. The average Bonchev–Trinajstić information content (AvgIpc) is 3.17. The van der Waals surface area contributed by atoms with Crippen LogP contribution in [0.1, 0.15) is 49.0 Å². The van der Waals surface area contributed by atoms with E-state index in [9.17, 15) is 9.90 Å². The van der Waals surface area contributed by atoms with E-state index in [0.717, 1.165) is 25.8 Å². The smallest absolute Gasteiger partial charge is 0.254 e. The van der Waals surface area contributed by atoms with Crippen LogP contribution in [0.3, 0.4) is 0 Å². The Hall–Kier alpha value is -1.51. The molecule has 1 fully saturated rings. The van der Waals surface area contributed by atoms with Crippen molar-refractivity contribution in [3.05, 3.63) is 29.3 Å². The Morgan fingerprint density at radius 3 is 2.68 bits per heavy atom. The van der Waals surface area contributed by atoms with Crippen LogP contribution >= 0.6 is 0 Å². The lowest BCUT2D eigenvalue weighted by atomic mass is 10.1. The van der Waals surface area contributed by atoms with Crippen LogP contribution in [0.4, 0.5) is 0 Å².